The molecule has 1 saturated carbocycles. The maximum absolute atomic E-state index is 12.5. The molecule has 1 saturated heterocycles. The van der Waals surface area contributed by atoms with Gasteiger partial charge < -0.3 is 15.7 Å². The van der Waals surface area contributed by atoms with Crippen molar-refractivity contribution in [2.45, 2.75) is 76.3 Å². The van der Waals surface area contributed by atoms with Gasteiger partial charge in [-0.25, -0.2) is 4.79 Å². The van der Waals surface area contributed by atoms with E-state index in [1.54, 1.807) is 4.90 Å². The first kappa shape index (κ1) is 16.3. The number of carboxylic acid groups (broad SMARTS) is 1. The number of rotatable bonds is 7. The van der Waals surface area contributed by atoms with E-state index in [0.717, 1.165) is 44.9 Å². The van der Waals surface area contributed by atoms with Crippen LogP contribution >= 0.6 is 0 Å². The average molecular weight is 296 g/mol. The van der Waals surface area contributed by atoms with Gasteiger partial charge >= 0.3 is 5.97 Å². The Morgan fingerprint density at radius 1 is 1.10 bits per heavy atom. The van der Waals surface area contributed by atoms with Crippen LogP contribution in [0.2, 0.25) is 0 Å². The second kappa shape index (κ2) is 7.78. The molecule has 0 aromatic carbocycles. The van der Waals surface area contributed by atoms with Crippen LogP contribution in [-0.4, -0.2) is 40.5 Å². The normalized spacial score (nSPS) is 28.4. The first-order chi connectivity index (χ1) is 10.1. The van der Waals surface area contributed by atoms with Gasteiger partial charge in [-0.15, -0.1) is 0 Å². The van der Waals surface area contributed by atoms with Gasteiger partial charge in [-0.05, 0) is 44.6 Å². The summed E-state index contributed by atoms with van der Waals surface area (Å²) < 4.78 is 0. The van der Waals surface area contributed by atoms with Crippen molar-refractivity contribution in [3.63, 3.8) is 0 Å². The molecule has 3 unspecified atom stereocenters. The predicted molar refractivity (Wildman–Crippen MR) is 80.8 cm³/mol. The zero-order valence-corrected chi connectivity index (χ0v) is 12.8. The molecule has 2 fully saturated rings. The van der Waals surface area contributed by atoms with Gasteiger partial charge in [0, 0.05) is 12.5 Å². The van der Waals surface area contributed by atoms with Crippen molar-refractivity contribution >= 4 is 11.9 Å². The van der Waals surface area contributed by atoms with E-state index in [1.165, 1.54) is 6.42 Å². The monoisotopic (exact) mass is 296 g/mol. The molecule has 1 aliphatic carbocycles. The number of unbranched alkanes of at least 4 members (excludes halogenated alkanes) is 3. The Hall–Kier alpha value is -1.10. The number of carboxylic acids is 1. The highest BCUT2D eigenvalue weighted by atomic mass is 16.4. The number of nitrogens with two attached hydrogens (primary N) is 1. The van der Waals surface area contributed by atoms with Crippen LogP contribution in [0.3, 0.4) is 0 Å². The smallest absolute Gasteiger partial charge is 0.326 e. The van der Waals surface area contributed by atoms with Crippen LogP contribution in [-0.2, 0) is 9.59 Å². The topological polar surface area (TPSA) is 83.6 Å². The predicted octanol–water partition coefficient (Wildman–Crippen LogP) is 2.14. The van der Waals surface area contributed by atoms with E-state index in [4.69, 9.17) is 5.73 Å². The Morgan fingerprint density at radius 3 is 2.52 bits per heavy atom. The summed E-state index contributed by atoms with van der Waals surface area (Å²) in [5, 5.41) is 9.41. The minimum Gasteiger partial charge on any atom is -0.480 e. The van der Waals surface area contributed by atoms with Gasteiger partial charge in [0.05, 0.1) is 0 Å². The Morgan fingerprint density at radius 2 is 1.81 bits per heavy atom. The molecule has 3 atom stereocenters. The Balaban J connectivity index is 1.90. The van der Waals surface area contributed by atoms with Crippen molar-refractivity contribution in [3.8, 4) is 0 Å². The highest BCUT2D eigenvalue weighted by Gasteiger charge is 2.47. The molecule has 2 aliphatic rings. The number of amides is 1. The van der Waals surface area contributed by atoms with Crippen molar-refractivity contribution in [1.29, 1.82) is 0 Å². The van der Waals surface area contributed by atoms with Crippen molar-refractivity contribution in [2.75, 3.05) is 6.54 Å². The second-order valence-corrected chi connectivity index (χ2v) is 6.46. The lowest BCUT2D eigenvalue weighted by Gasteiger charge is -2.33. The van der Waals surface area contributed by atoms with Crippen LogP contribution in [0.5, 0.6) is 0 Å². The standard InChI is InChI=1S/C16H28N2O3/c17-10-6-2-1-3-9-15(19)18-13-8-5-4-7-12(13)11-14(18)16(20)21/h12-14H,1-11,17H2,(H,20,21). The van der Waals surface area contributed by atoms with E-state index < -0.39 is 12.0 Å². The molecule has 1 amide bonds. The van der Waals surface area contributed by atoms with Crippen LogP contribution in [0.25, 0.3) is 0 Å². The van der Waals surface area contributed by atoms with E-state index in [9.17, 15) is 14.7 Å². The zero-order valence-electron chi connectivity index (χ0n) is 12.8. The third-order valence-corrected chi connectivity index (χ3v) is 5.01. The summed E-state index contributed by atoms with van der Waals surface area (Å²) in [5.74, 6) is -0.383. The largest absolute Gasteiger partial charge is 0.480 e. The molecule has 1 heterocycles. The molecule has 1 aliphatic heterocycles. The van der Waals surface area contributed by atoms with Crippen LogP contribution in [0, 0.1) is 5.92 Å². The molecule has 5 nitrogen and oxygen atoms in total. The van der Waals surface area contributed by atoms with Gasteiger partial charge in [0.1, 0.15) is 6.04 Å². The van der Waals surface area contributed by atoms with E-state index in [2.05, 4.69) is 0 Å². The third kappa shape index (κ3) is 3.96. The average Bonchev–Trinajstić information content (AvgIpc) is 2.86. The first-order valence-electron chi connectivity index (χ1n) is 8.39. The van der Waals surface area contributed by atoms with Gasteiger partial charge in [-0.2, -0.15) is 0 Å². The Labute approximate surface area is 126 Å². The lowest BCUT2D eigenvalue weighted by atomic mass is 9.84. The minimum absolute atomic E-state index is 0.0459. The third-order valence-electron chi connectivity index (χ3n) is 5.01. The summed E-state index contributed by atoms with van der Waals surface area (Å²) in [6, 6.07) is -0.411. The molecule has 21 heavy (non-hydrogen) atoms. The van der Waals surface area contributed by atoms with Crippen molar-refractivity contribution in [3.05, 3.63) is 0 Å². The van der Waals surface area contributed by atoms with Gasteiger partial charge in [0.25, 0.3) is 0 Å². The van der Waals surface area contributed by atoms with E-state index in [0.29, 0.717) is 25.3 Å². The maximum Gasteiger partial charge on any atom is 0.326 e. The Kier molecular flexibility index (Phi) is 6.03. The fourth-order valence-electron chi connectivity index (χ4n) is 3.94. The molecule has 120 valence electrons. The summed E-state index contributed by atoms with van der Waals surface area (Å²) in [4.78, 5) is 25.7. The van der Waals surface area contributed by atoms with E-state index in [-0.39, 0.29) is 11.9 Å². The minimum atomic E-state index is -0.833. The molecule has 5 heteroatoms. The summed E-state index contributed by atoms with van der Waals surface area (Å²) >= 11 is 0. The summed E-state index contributed by atoms with van der Waals surface area (Å²) in [6.07, 6.45) is 9.39. The second-order valence-electron chi connectivity index (χ2n) is 6.46. The van der Waals surface area contributed by atoms with Crippen LogP contribution in [0.1, 0.15) is 64.2 Å². The number of likely N-dealkylation sites (tertiary alicyclic amines) is 1. The number of carbonyl (C=O) groups excluding carboxylic acids is 1. The number of hydrogen-bond acceptors (Lipinski definition) is 3. The van der Waals surface area contributed by atoms with Gasteiger partial charge in [0.15, 0.2) is 0 Å². The summed E-state index contributed by atoms with van der Waals surface area (Å²) in [5.41, 5.74) is 5.45. The molecule has 2 rings (SSSR count). The van der Waals surface area contributed by atoms with Gasteiger partial charge in [-0.3, -0.25) is 4.79 Å². The molecule has 0 radical (unpaired) electrons. The van der Waals surface area contributed by atoms with E-state index >= 15 is 0 Å². The van der Waals surface area contributed by atoms with Crippen LogP contribution < -0.4 is 5.73 Å². The zero-order chi connectivity index (χ0) is 15.2. The number of nitrogens with zero attached hydrogens (tertiary/aromatic N) is 1. The highest BCUT2D eigenvalue weighted by molar-refractivity contribution is 5.84. The number of hydrogen-bond donors (Lipinski definition) is 2. The van der Waals surface area contributed by atoms with Crippen molar-refractivity contribution < 1.29 is 14.7 Å². The molecule has 0 spiro atoms. The molecule has 0 bridgehead atoms. The fourth-order valence-corrected chi connectivity index (χ4v) is 3.94. The first-order valence-corrected chi connectivity index (χ1v) is 8.39. The molecule has 3 N–H and O–H groups in total. The fraction of sp³-hybridized carbons (Fsp3) is 0.875. The summed E-state index contributed by atoms with van der Waals surface area (Å²) in [7, 11) is 0. The number of aliphatic carboxylic acids is 1. The number of fused-ring (bicyclic) bond motifs is 1. The van der Waals surface area contributed by atoms with Gasteiger partial charge in [0.2, 0.25) is 5.91 Å². The van der Waals surface area contributed by atoms with E-state index in [1.807, 2.05) is 0 Å². The summed E-state index contributed by atoms with van der Waals surface area (Å²) in [6.45, 7) is 0.699. The highest BCUT2D eigenvalue weighted by Crippen LogP contribution is 2.40. The van der Waals surface area contributed by atoms with Crippen LogP contribution in [0.4, 0.5) is 0 Å². The lowest BCUT2D eigenvalue weighted by Crippen LogP contribution is -2.46. The molecule has 0 aromatic rings. The molecule has 0 aromatic heterocycles. The van der Waals surface area contributed by atoms with Crippen molar-refractivity contribution in [1.82, 2.24) is 4.90 Å². The maximum atomic E-state index is 12.5. The van der Waals surface area contributed by atoms with Crippen molar-refractivity contribution in [2.24, 2.45) is 11.7 Å². The van der Waals surface area contributed by atoms with Gasteiger partial charge in [-0.1, -0.05) is 25.7 Å². The van der Waals surface area contributed by atoms with Crippen LogP contribution in [0.15, 0.2) is 0 Å². The SMILES string of the molecule is NCCCCCCC(=O)N1C(C(=O)O)CC2CCCCC21. The number of carbonyl (C=O) groups is 2. The quantitative estimate of drug-likeness (QED) is 0.705. The lowest BCUT2D eigenvalue weighted by molar-refractivity contribution is -0.149. The Bertz CT molecular complexity index is 373. The molecular weight excluding hydrogens is 268 g/mol. The molecular formula is C16H28N2O3.